The third-order valence-corrected chi connectivity index (χ3v) is 2.88. The molecule has 0 amide bonds. The van der Waals surface area contributed by atoms with Crippen molar-refractivity contribution in [2.45, 2.75) is 12.8 Å². The van der Waals surface area contributed by atoms with E-state index in [1.807, 2.05) is 6.07 Å². The van der Waals surface area contributed by atoms with Crippen molar-refractivity contribution in [3.05, 3.63) is 24.0 Å². The van der Waals surface area contributed by atoms with Crippen LogP contribution in [0.15, 0.2) is 18.2 Å². The fourth-order valence-electron chi connectivity index (χ4n) is 2.03. The maximum absolute atomic E-state index is 13.5. The van der Waals surface area contributed by atoms with Crippen molar-refractivity contribution in [2.75, 3.05) is 38.3 Å². The summed E-state index contributed by atoms with van der Waals surface area (Å²) in [6.07, 6.45) is 2.35. The summed E-state index contributed by atoms with van der Waals surface area (Å²) in [6.45, 7) is 2.96. The van der Waals surface area contributed by atoms with Crippen LogP contribution in [0.2, 0.25) is 0 Å². The molecule has 0 atom stereocenters. The van der Waals surface area contributed by atoms with Crippen molar-refractivity contribution in [3.8, 4) is 5.75 Å². The molecule has 1 aromatic carbocycles. The molecule has 0 radical (unpaired) electrons. The Morgan fingerprint density at radius 3 is 2.65 bits per heavy atom. The van der Waals surface area contributed by atoms with Gasteiger partial charge < -0.3 is 14.4 Å². The summed E-state index contributed by atoms with van der Waals surface area (Å²) in [5.74, 6) is 0.325. The van der Waals surface area contributed by atoms with Crippen molar-refractivity contribution in [2.24, 2.45) is 0 Å². The van der Waals surface area contributed by atoms with Gasteiger partial charge in [0.05, 0.1) is 6.61 Å². The number of anilines is 1. The number of hydrogen-bond acceptors (Lipinski definition) is 3. The van der Waals surface area contributed by atoms with E-state index in [4.69, 9.17) is 9.47 Å². The van der Waals surface area contributed by atoms with Crippen LogP contribution in [0.3, 0.4) is 0 Å². The lowest BCUT2D eigenvalue weighted by Gasteiger charge is -2.18. The molecule has 1 aromatic rings. The van der Waals surface area contributed by atoms with Gasteiger partial charge >= 0.3 is 0 Å². The first-order chi connectivity index (χ1) is 8.29. The molecule has 1 heterocycles. The molecule has 1 fully saturated rings. The Bertz CT molecular complexity index is 364. The zero-order valence-corrected chi connectivity index (χ0v) is 10.1. The van der Waals surface area contributed by atoms with E-state index in [9.17, 15) is 4.39 Å². The van der Waals surface area contributed by atoms with Crippen LogP contribution >= 0.6 is 0 Å². The van der Waals surface area contributed by atoms with Gasteiger partial charge in [-0.1, -0.05) is 0 Å². The van der Waals surface area contributed by atoms with E-state index in [2.05, 4.69) is 4.90 Å². The fraction of sp³-hybridized carbons (Fsp3) is 0.538. The van der Waals surface area contributed by atoms with Gasteiger partial charge in [-0.25, -0.2) is 4.39 Å². The number of hydrogen-bond donors (Lipinski definition) is 0. The minimum atomic E-state index is -0.248. The molecular weight excluding hydrogens is 221 g/mol. The van der Waals surface area contributed by atoms with Crippen LogP contribution < -0.4 is 9.64 Å². The monoisotopic (exact) mass is 239 g/mol. The molecule has 0 N–H and O–H groups in total. The van der Waals surface area contributed by atoms with Gasteiger partial charge in [0, 0.05) is 38.0 Å². The zero-order chi connectivity index (χ0) is 12.1. The van der Waals surface area contributed by atoms with Crippen LogP contribution in [0.1, 0.15) is 12.8 Å². The van der Waals surface area contributed by atoms with E-state index >= 15 is 0 Å². The van der Waals surface area contributed by atoms with E-state index in [1.54, 1.807) is 13.2 Å². The maximum atomic E-state index is 13.5. The molecular formula is C13H18FNO2. The van der Waals surface area contributed by atoms with E-state index in [0.717, 1.165) is 18.8 Å². The van der Waals surface area contributed by atoms with Gasteiger partial charge in [0.2, 0.25) is 0 Å². The summed E-state index contributed by atoms with van der Waals surface area (Å²) in [5.41, 5.74) is 0.912. The third-order valence-electron chi connectivity index (χ3n) is 2.88. The number of halogens is 1. The number of benzene rings is 1. The summed E-state index contributed by atoms with van der Waals surface area (Å²) >= 11 is 0. The predicted molar refractivity (Wildman–Crippen MR) is 65.2 cm³/mol. The topological polar surface area (TPSA) is 21.7 Å². The number of rotatable bonds is 5. The highest BCUT2D eigenvalue weighted by Crippen LogP contribution is 2.26. The Labute approximate surface area is 101 Å². The van der Waals surface area contributed by atoms with Crippen molar-refractivity contribution < 1.29 is 13.9 Å². The molecule has 1 aliphatic rings. The summed E-state index contributed by atoms with van der Waals surface area (Å²) < 4.78 is 23.8. The SMILES string of the molecule is COCCOc1cc(F)cc(N2CCCC2)c1. The average molecular weight is 239 g/mol. The molecule has 3 nitrogen and oxygen atoms in total. The Morgan fingerprint density at radius 1 is 1.18 bits per heavy atom. The van der Waals surface area contributed by atoms with Gasteiger partial charge in [-0.3, -0.25) is 0 Å². The Kier molecular flexibility index (Phi) is 4.20. The van der Waals surface area contributed by atoms with Crippen LogP contribution in [0.25, 0.3) is 0 Å². The molecule has 4 heteroatoms. The van der Waals surface area contributed by atoms with E-state index in [0.29, 0.717) is 19.0 Å². The van der Waals surface area contributed by atoms with Gasteiger partial charge in [0.1, 0.15) is 18.2 Å². The molecule has 1 aliphatic heterocycles. The molecule has 0 aromatic heterocycles. The van der Waals surface area contributed by atoms with E-state index < -0.39 is 0 Å². The molecule has 0 saturated carbocycles. The molecule has 0 aliphatic carbocycles. The second kappa shape index (κ2) is 5.87. The molecule has 0 unspecified atom stereocenters. The lowest BCUT2D eigenvalue weighted by Crippen LogP contribution is -2.17. The van der Waals surface area contributed by atoms with E-state index in [1.165, 1.54) is 18.9 Å². The van der Waals surface area contributed by atoms with Crippen molar-refractivity contribution in [1.82, 2.24) is 0 Å². The van der Waals surface area contributed by atoms with Crippen LogP contribution in [-0.2, 0) is 4.74 Å². The molecule has 94 valence electrons. The first kappa shape index (κ1) is 12.2. The van der Waals surface area contributed by atoms with Gasteiger partial charge in [-0.05, 0) is 18.9 Å². The number of nitrogens with zero attached hydrogens (tertiary/aromatic N) is 1. The standard InChI is InChI=1S/C13H18FNO2/c1-16-6-7-17-13-9-11(14)8-12(10-13)15-4-2-3-5-15/h8-10H,2-7H2,1H3. The third kappa shape index (κ3) is 3.33. The van der Waals surface area contributed by atoms with Gasteiger partial charge in [-0.2, -0.15) is 0 Å². The second-order valence-corrected chi connectivity index (χ2v) is 4.18. The number of ether oxygens (including phenoxy) is 2. The lowest BCUT2D eigenvalue weighted by molar-refractivity contribution is 0.146. The Balaban J connectivity index is 2.05. The highest BCUT2D eigenvalue weighted by atomic mass is 19.1. The average Bonchev–Trinajstić information content (AvgIpc) is 2.82. The quantitative estimate of drug-likeness (QED) is 0.737. The first-order valence-corrected chi connectivity index (χ1v) is 5.97. The minimum Gasteiger partial charge on any atom is -0.491 e. The fourth-order valence-corrected chi connectivity index (χ4v) is 2.03. The van der Waals surface area contributed by atoms with Crippen molar-refractivity contribution >= 4 is 5.69 Å². The summed E-state index contributed by atoms with van der Waals surface area (Å²) in [5, 5.41) is 0. The Morgan fingerprint density at radius 2 is 1.94 bits per heavy atom. The smallest absolute Gasteiger partial charge is 0.128 e. The zero-order valence-electron chi connectivity index (χ0n) is 10.1. The van der Waals surface area contributed by atoms with Gasteiger partial charge in [0.25, 0.3) is 0 Å². The summed E-state index contributed by atoms with van der Waals surface area (Å²) in [4.78, 5) is 2.19. The van der Waals surface area contributed by atoms with E-state index in [-0.39, 0.29) is 5.82 Å². The molecule has 0 spiro atoms. The largest absolute Gasteiger partial charge is 0.491 e. The summed E-state index contributed by atoms with van der Waals surface area (Å²) in [7, 11) is 1.62. The van der Waals surface area contributed by atoms with Gasteiger partial charge in [-0.15, -0.1) is 0 Å². The van der Waals surface area contributed by atoms with Crippen LogP contribution in [0, 0.1) is 5.82 Å². The normalized spacial score (nSPS) is 15.3. The Hall–Kier alpha value is -1.29. The minimum absolute atomic E-state index is 0.248. The highest BCUT2D eigenvalue weighted by molar-refractivity contribution is 5.51. The highest BCUT2D eigenvalue weighted by Gasteiger charge is 2.14. The lowest BCUT2D eigenvalue weighted by atomic mass is 10.2. The van der Waals surface area contributed by atoms with Crippen LogP contribution in [0.5, 0.6) is 5.75 Å². The second-order valence-electron chi connectivity index (χ2n) is 4.18. The number of methoxy groups -OCH3 is 1. The first-order valence-electron chi connectivity index (χ1n) is 5.97. The maximum Gasteiger partial charge on any atom is 0.128 e. The van der Waals surface area contributed by atoms with Crippen molar-refractivity contribution in [1.29, 1.82) is 0 Å². The van der Waals surface area contributed by atoms with Crippen LogP contribution in [-0.4, -0.2) is 33.4 Å². The molecule has 2 rings (SSSR count). The predicted octanol–water partition coefficient (Wildman–Crippen LogP) is 2.45. The molecule has 17 heavy (non-hydrogen) atoms. The molecule has 0 bridgehead atoms. The summed E-state index contributed by atoms with van der Waals surface area (Å²) in [6, 6.07) is 4.87. The van der Waals surface area contributed by atoms with Crippen LogP contribution in [0.4, 0.5) is 10.1 Å². The van der Waals surface area contributed by atoms with Crippen molar-refractivity contribution in [3.63, 3.8) is 0 Å². The molecule has 1 saturated heterocycles. The van der Waals surface area contributed by atoms with Gasteiger partial charge in [0.15, 0.2) is 0 Å².